The van der Waals surface area contributed by atoms with Gasteiger partial charge in [-0.25, -0.2) is 0 Å². The maximum atomic E-state index is 3.89. The molecule has 0 radical (unpaired) electrons. The number of thiophene rings is 1. The molecule has 1 heterocycles. The van der Waals surface area contributed by atoms with Crippen LogP contribution in [0.3, 0.4) is 0 Å². The third-order valence-corrected chi connectivity index (χ3v) is 14.2. The van der Waals surface area contributed by atoms with Crippen molar-refractivity contribution in [1.82, 2.24) is 0 Å². The van der Waals surface area contributed by atoms with Crippen LogP contribution in [-0.2, 0) is 10.8 Å². The van der Waals surface area contributed by atoms with Crippen LogP contribution < -0.4 is 0 Å². The first-order valence-electron chi connectivity index (χ1n) is 20.1. The van der Waals surface area contributed by atoms with E-state index in [4.69, 9.17) is 0 Å². The Labute approximate surface area is 344 Å². The molecule has 0 amide bonds. The highest BCUT2D eigenvalue weighted by atomic mass is 32.1. The van der Waals surface area contributed by atoms with Crippen LogP contribution in [0.4, 0.5) is 0 Å². The molecule has 0 nitrogen and oxygen atoms in total. The average Bonchev–Trinajstić information content (AvgIpc) is 3.90. The molecule has 274 valence electrons. The minimum absolute atomic E-state index is 0.449. The van der Waals surface area contributed by atoms with Gasteiger partial charge in [-0.05, 0) is 102 Å². The first kappa shape index (κ1) is 34.4. The van der Waals surface area contributed by atoms with Crippen molar-refractivity contribution in [2.24, 2.45) is 0 Å². The molecule has 0 bridgehead atoms. The van der Waals surface area contributed by atoms with E-state index in [1.54, 1.807) is 0 Å². The Morgan fingerprint density at radius 2 is 0.810 bits per heavy atom. The SMILES string of the molecule is C=C/C=C\c1sc2c(-c3ccc(C4(c5ccc(C6(c7ccccc7)c7ccccc7-c7ccccc76)cc5)c5ccccc5-c5ccccc54)cc3)cccc2c1C. The van der Waals surface area contributed by atoms with E-state index in [2.05, 4.69) is 214 Å². The Balaban J connectivity index is 1.12. The highest BCUT2D eigenvalue weighted by Gasteiger charge is 2.48. The van der Waals surface area contributed by atoms with Crippen molar-refractivity contribution in [1.29, 1.82) is 0 Å². The molecule has 9 aromatic rings. The standard InChI is InChI=1S/C57H40S/c1-3-4-29-54-38(2)44-23-16-24-45(55(44)58-54)39-30-32-41(33-31-39)57(52-27-14-10-21-48(52)49-22-11-15-28-53(49)57)43-36-34-42(35-37-43)56(40-17-6-5-7-18-40)50-25-12-8-19-46(50)47-20-9-13-26-51(47)56/h3-37H,1H2,2H3/b29-4-. The average molecular weight is 757 g/mol. The molecular formula is C57H40S. The quantitative estimate of drug-likeness (QED) is 0.142. The van der Waals surface area contributed by atoms with Crippen LogP contribution >= 0.6 is 11.3 Å². The zero-order chi connectivity index (χ0) is 38.8. The van der Waals surface area contributed by atoms with E-state index in [-0.39, 0.29) is 0 Å². The summed E-state index contributed by atoms with van der Waals surface area (Å²) in [5, 5.41) is 1.31. The number of aryl methyl sites for hydroxylation is 1. The maximum Gasteiger partial charge on any atom is 0.0713 e. The summed E-state index contributed by atoms with van der Waals surface area (Å²) in [6.45, 7) is 6.12. The summed E-state index contributed by atoms with van der Waals surface area (Å²) < 4.78 is 1.32. The summed E-state index contributed by atoms with van der Waals surface area (Å²) in [5.41, 5.74) is 18.4. The third-order valence-electron chi connectivity index (χ3n) is 12.9. The van der Waals surface area contributed by atoms with Gasteiger partial charge in [-0.15, -0.1) is 11.3 Å². The lowest BCUT2D eigenvalue weighted by Gasteiger charge is -2.36. The molecule has 2 aliphatic carbocycles. The highest BCUT2D eigenvalue weighted by molar-refractivity contribution is 7.20. The molecule has 1 aromatic heterocycles. The van der Waals surface area contributed by atoms with Crippen molar-refractivity contribution < 1.29 is 0 Å². The number of hydrogen-bond donors (Lipinski definition) is 0. The van der Waals surface area contributed by atoms with Gasteiger partial charge in [0.05, 0.1) is 10.8 Å². The fraction of sp³-hybridized carbons (Fsp3) is 0.0526. The van der Waals surface area contributed by atoms with Crippen molar-refractivity contribution >= 4 is 27.5 Å². The molecule has 8 aromatic carbocycles. The maximum absolute atomic E-state index is 3.89. The second-order valence-corrected chi connectivity index (χ2v) is 16.6. The number of fused-ring (bicyclic) bond motifs is 7. The molecule has 0 saturated heterocycles. The predicted molar refractivity (Wildman–Crippen MR) is 246 cm³/mol. The van der Waals surface area contributed by atoms with E-state index in [0.717, 1.165) is 0 Å². The predicted octanol–water partition coefficient (Wildman–Crippen LogP) is 14.8. The molecule has 1 heteroatoms. The molecule has 2 aliphatic rings. The van der Waals surface area contributed by atoms with Crippen LogP contribution in [-0.4, -0.2) is 0 Å². The molecule has 11 rings (SSSR count). The fourth-order valence-corrected chi connectivity index (χ4v) is 11.7. The molecule has 0 aliphatic heterocycles. The lowest BCUT2D eigenvalue weighted by molar-refractivity contribution is 0.750. The van der Waals surface area contributed by atoms with Crippen molar-refractivity contribution in [3.8, 4) is 33.4 Å². The van der Waals surface area contributed by atoms with Crippen molar-refractivity contribution in [2.75, 3.05) is 0 Å². The van der Waals surface area contributed by atoms with Gasteiger partial charge in [-0.3, -0.25) is 0 Å². The van der Waals surface area contributed by atoms with Gasteiger partial charge in [0.15, 0.2) is 0 Å². The number of allylic oxidation sites excluding steroid dienone is 2. The van der Waals surface area contributed by atoms with Gasteiger partial charge in [0, 0.05) is 9.58 Å². The summed E-state index contributed by atoms with van der Waals surface area (Å²) in [4.78, 5) is 1.28. The Kier molecular flexibility index (Phi) is 7.96. The minimum Gasteiger partial charge on any atom is -0.135 e. The third kappa shape index (κ3) is 4.75. The Morgan fingerprint density at radius 1 is 0.414 bits per heavy atom. The molecule has 0 unspecified atom stereocenters. The summed E-state index contributed by atoms with van der Waals surface area (Å²) >= 11 is 1.86. The van der Waals surface area contributed by atoms with Gasteiger partial charge in [0.2, 0.25) is 0 Å². The fourth-order valence-electron chi connectivity index (χ4n) is 10.4. The summed E-state index contributed by atoms with van der Waals surface area (Å²) in [6, 6.07) is 73.0. The summed E-state index contributed by atoms with van der Waals surface area (Å²) in [6.07, 6.45) is 6.05. The van der Waals surface area contributed by atoms with Gasteiger partial charge >= 0.3 is 0 Å². The van der Waals surface area contributed by atoms with E-state index >= 15 is 0 Å². The molecule has 0 saturated carbocycles. The van der Waals surface area contributed by atoms with E-state index in [1.807, 2.05) is 23.5 Å². The van der Waals surface area contributed by atoms with Crippen molar-refractivity contribution in [3.63, 3.8) is 0 Å². The van der Waals surface area contributed by atoms with Crippen LogP contribution in [0.2, 0.25) is 0 Å². The van der Waals surface area contributed by atoms with Crippen LogP contribution in [0.5, 0.6) is 0 Å². The van der Waals surface area contributed by atoms with Gasteiger partial charge < -0.3 is 0 Å². The van der Waals surface area contributed by atoms with E-state index in [9.17, 15) is 0 Å². The zero-order valence-corrected chi connectivity index (χ0v) is 33.1. The number of hydrogen-bond acceptors (Lipinski definition) is 1. The largest absolute Gasteiger partial charge is 0.135 e. The van der Waals surface area contributed by atoms with Crippen LogP contribution in [0, 0.1) is 6.92 Å². The minimum atomic E-state index is -0.510. The smallest absolute Gasteiger partial charge is 0.0713 e. The normalized spacial score (nSPS) is 14.2. The number of benzene rings is 8. The summed E-state index contributed by atoms with van der Waals surface area (Å²) in [7, 11) is 0. The molecule has 0 fully saturated rings. The molecule has 0 atom stereocenters. The molecule has 0 spiro atoms. The second-order valence-electron chi connectivity index (χ2n) is 15.6. The zero-order valence-electron chi connectivity index (χ0n) is 32.3. The second kappa shape index (κ2) is 13.4. The topological polar surface area (TPSA) is 0 Å². The number of rotatable bonds is 7. The van der Waals surface area contributed by atoms with Crippen molar-refractivity contribution in [3.05, 3.63) is 268 Å². The Hall–Kier alpha value is -6.80. The van der Waals surface area contributed by atoms with Gasteiger partial charge in [0.1, 0.15) is 0 Å². The van der Waals surface area contributed by atoms with E-state index in [1.165, 1.54) is 98.4 Å². The first-order valence-corrected chi connectivity index (χ1v) is 20.9. The highest BCUT2D eigenvalue weighted by Crippen LogP contribution is 2.59. The van der Waals surface area contributed by atoms with Crippen LogP contribution in [0.1, 0.15) is 54.9 Å². The van der Waals surface area contributed by atoms with E-state index < -0.39 is 10.8 Å². The Morgan fingerprint density at radius 3 is 1.28 bits per heavy atom. The molecule has 0 N–H and O–H groups in total. The monoisotopic (exact) mass is 756 g/mol. The van der Waals surface area contributed by atoms with Crippen LogP contribution in [0.15, 0.2) is 213 Å². The summed E-state index contributed by atoms with van der Waals surface area (Å²) in [5.74, 6) is 0. The van der Waals surface area contributed by atoms with Crippen molar-refractivity contribution in [2.45, 2.75) is 17.8 Å². The van der Waals surface area contributed by atoms with Gasteiger partial charge in [0.25, 0.3) is 0 Å². The van der Waals surface area contributed by atoms with Gasteiger partial charge in [-0.2, -0.15) is 0 Å². The lowest BCUT2D eigenvalue weighted by Crippen LogP contribution is -2.30. The first-order chi connectivity index (χ1) is 28.7. The van der Waals surface area contributed by atoms with Crippen LogP contribution in [0.25, 0.3) is 49.5 Å². The molecular weight excluding hydrogens is 717 g/mol. The Bertz CT molecular complexity index is 2980. The van der Waals surface area contributed by atoms with Gasteiger partial charge in [-0.1, -0.05) is 213 Å². The lowest BCUT2D eigenvalue weighted by atomic mass is 9.65. The van der Waals surface area contributed by atoms with E-state index in [0.29, 0.717) is 0 Å². The molecule has 58 heavy (non-hydrogen) atoms.